The summed E-state index contributed by atoms with van der Waals surface area (Å²) < 4.78 is 6.52. The number of nitrogens with one attached hydrogen (secondary N) is 1. The van der Waals surface area contributed by atoms with E-state index < -0.39 is 5.97 Å². The molecular formula is C19H17N3O3S. The number of carbonyl (C=O) groups is 2. The molecule has 3 aromatic rings. The van der Waals surface area contributed by atoms with E-state index in [1.807, 2.05) is 38.1 Å². The topological polar surface area (TPSA) is 84.1 Å². The van der Waals surface area contributed by atoms with Gasteiger partial charge in [0.2, 0.25) is 5.91 Å². The number of hydrogen-bond donors (Lipinski definition) is 1. The zero-order chi connectivity index (χ0) is 18.8. The number of nitriles is 1. The van der Waals surface area contributed by atoms with Crippen LogP contribution in [-0.2, 0) is 16.1 Å². The molecule has 0 spiro atoms. The van der Waals surface area contributed by atoms with E-state index in [-0.39, 0.29) is 12.5 Å². The van der Waals surface area contributed by atoms with Crippen LogP contribution in [0, 0.1) is 25.2 Å². The third-order valence-corrected chi connectivity index (χ3v) is 5.38. The summed E-state index contributed by atoms with van der Waals surface area (Å²) in [6, 6.07) is 9.47. The zero-order valence-electron chi connectivity index (χ0n) is 14.6. The highest BCUT2D eigenvalue weighted by molar-refractivity contribution is 7.16. The Balaban J connectivity index is 1.90. The van der Waals surface area contributed by atoms with Crippen LogP contribution in [0.15, 0.2) is 30.5 Å². The van der Waals surface area contributed by atoms with Gasteiger partial charge in [0, 0.05) is 22.0 Å². The number of rotatable bonds is 4. The van der Waals surface area contributed by atoms with Crippen LogP contribution in [0.25, 0.3) is 10.9 Å². The Kier molecular flexibility index (Phi) is 4.78. The number of carbonyl (C=O) groups excluding carboxylic acids is 2. The lowest BCUT2D eigenvalue weighted by Gasteiger charge is -2.06. The van der Waals surface area contributed by atoms with Crippen LogP contribution in [0.3, 0.4) is 0 Å². The molecule has 0 aliphatic heterocycles. The maximum atomic E-state index is 12.5. The van der Waals surface area contributed by atoms with Crippen LogP contribution in [0.5, 0.6) is 0 Å². The molecule has 2 heterocycles. The number of nitrogens with zero attached hydrogens (tertiary/aromatic N) is 2. The number of amides is 1. The summed E-state index contributed by atoms with van der Waals surface area (Å²) in [6.07, 6.45) is 1.62. The van der Waals surface area contributed by atoms with Crippen LogP contribution >= 0.6 is 11.3 Å². The van der Waals surface area contributed by atoms with Crippen molar-refractivity contribution in [2.24, 2.45) is 0 Å². The number of benzene rings is 1. The third-order valence-electron chi connectivity index (χ3n) is 4.26. The molecule has 7 heteroatoms. The van der Waals surface area contributed by atoms with E-state index in [1.165, 1.54) is 18.4 Å². The fourth-order valence-corrected chi connectivity index (χ4v) is 3.85. The van der Waals surface area contributed by atoms with Gasteiger partial charge in [-0.3, -0.25) is 4.79 Å². The molecule has 1 aromatic carbocycles. The molecule has 0 aliphatic carbocycles. The first-order valence-corrected chi connectivity index (χ1v) is 8.74. The number of aryl methyl sites for hydroxylation is 1. The Morgan fingerprint density at radius 1 is 1.31 bits per heavy atom. The van der Waals surface area contributed by atoms with Gasteiger partial charge < -0.3 is 14.6 Å². The smallest absolute Gasteiger partial charge is 0.340 e. The lowest BCUT2D eigenvalue weighted by atomic mass is 10.2. The fourth-order valence-electron chi connectivity index (χ4n) is 2.82. The van der Waals surface area contributed by atoms with Crippen molar-refractivity contribution in [2.45, 2.75) is 20.4 Å². The van der Waals surface area contributed by atoms with Crippen molar-refractivity contribution in [2.75, 3.05) is 12.4 Å². The number of aromatic nitrogens is 1. The van der Waals surface area contributed by atoms with Gasteiger partial charge in [0.15, 0.2) is 0 Å². The summed E-state index contributed by atoms with van der Waals surface area (Å²) in [5.41, 5.74) is 2.55. The summed E-state index contributed by atoms with van der Waals surface area (Å²) in [7, 11) is 1.33. The van der Waals surface area contributed by atoms with Crippen LogP contribution < -0.4 is 5.32 Å². The van der Waals surface area contributed by atoms with Crippen LogP contribution in [0.1, 0.15) is 26.4 Å². The van der Waals surface area contributed by atoms with Gasteiger partial charge in [0.05, 0.1) is 18.2 Å². The molecule has 0 atom stereocenters. The standard InChI is InChI=1S/C19H17N3O3S/c1-11-12(2)26-18(14(11)8-20)21-17(23)10-22-9-15(19(24)25-3)13-6-4-5-7-16(13)22/h4-7,9H,10H2,1-3H3,(H,21,23). The van der Waals surface area contributed by atoms with Gasteiger partial charge in [-0.25, -0.2) is 4.79 Å². The summed E-state index contributed by atoms with van der Waals surface area (Å²) in [5, 5.41) is 13.4. The predicted molar refractivity (Wildman–Crippen MR) is 100 cm³/mol. The summed E-state index contributed by atoms with van der Waals surface area (Å²) in [5.74, 6) is -0.712. The van der Waals surface area contributed by atoms with Gasteiger partial charge in [-0.15, -0.1) is 11.3 Å². The molecule has 26 heavy (non-hydrogen) atoms. The Morgan fingerprint density at radius 3 is 2.73 bits per heavy atom. The van der Waals surface area contributed by atoms with E-state index in [4.69, 9.17) is 4.74 Å². The normalized spacial score (nSPS) is 10.5. The first-order valence-electron chi connectivity index (χ1n) is 7.92. The van der Waals surface area contributed by atoms with E-state index in [0.29, 0.717) is 16.1 Å². The van der Waals surface area contributed by atoms with Gasteiger partial charge in [-0.05, 0) is 25.5 Å². The number of para-hydroxylation sites is 1. The summed E-state index contributed by atoms with van der Waals surface area (Å²) in [6.45, 7) is 3.80. The minimum atomic E-state index is -0.448. The van der Waals surface area contributed by atoms with Gasteiger partial charge in [-0.1, -0.05) is 18.2 Å². The maximum absolute atomic E-state index is 12.5. The van der Waals surface area contributed by atoms with Crippen molar-refractivity contribution in [1.82, 2.24) is 4.57 Å². The Morgan fingerprint density at radius 2 is 2.04 bits per heavy atom. The van der Waals surface area contributed by atoms with Crippen molar-refractivity contribution in [3.05, 3.63) is 52.0 Å². The minimum absolute atomic E-state index is 0.0262. The second-order valence-electron chi connectivity index (χ2n) is 5.83. The van der Waals surface area contributed by atoms with Crippen LogP contribution in [-0.4, -0.2) is 23.6 Å². The van der Waals surface area contributed by atoms with Crippen LogP contribution in [0.2, 0.25) is 0 Å². The molecule has 0 saturated heterocycles. The van der Waals surface area contributed by atoms with Gasteiger partial charge in [0.25, 0.3) is 0 Å². The molecule has 1 N–H and O–H groups in total. The molecule has 0 radical (unpaired) electrons. The molecule has 2 aromatic heterocycles. The molecule has 0 bridgehead atoms. The molecule has 0 saturated carbocycles. The molecule has 0 unspecified atom stereocenters. The van der Waals surface area contributed by atoms with Gasteiger partial charge >= 0.3 is 5.97 Å². The second-order valence-corrected chi connectivity index (χ2v) is 7.05. The molecule has 6 nitrogen and oxygen atoms in total. The van der Waals surface area contributed by atoms with E-state index in [2.05, 4.69) is 11.4 Å². The van der Waals surface area contributed by atoms with E-state index in [1.54, 1.807) is 10.8 Å². The number of hydrogen-bond acceptors (Lipinski definition) is 5. The third kappa shape index (κ3) is 3.07. The number of ether oxygens (including phenoxy) is 1. The van der Waals surface area contributed by atoms with Crippen molar-refractivity contribution in [3.8, 4) is 6.07 Å². The minimum Gasteiger partial charge on any atom is -0.465 e. The summed E-state index contributed by atoms with van der Waals surface area (Å²) in [4.78, 5) is 25.5. The first kappa shape index (κ1) is 17.7. The SMILES string of the molecule is COC(=O)c1cn(CC(=O)Nc2sc(C)c(C)c2C#N)c2ccccc12. The number of anilines is 1. The van der Waals surface area contributed by atoms with Gasteiger partial charge in [0.1, 0.15) is 17.6 Å². The number of thiophene rings is 1. The molecule has 1 amide bonds. The van der Waals surface area contributed by atoms with Gasteiger partial charge in [-0.2, -0.15) is 5.26 Å². The maximum Gasteiger partial charge on any atom is 0.340 e. The number of fused-ring (bicyclic) bond motifs is 1. The monoisotopic (exact) mass is 367 g/mol. The molecule has 3 rings (SSSR count). The van der Waals surface area contributed by atoms with Crippen molar-refractivity contribution >= 4 is 39.1 Å². The lowest BCUT2D eigenvalue weighted by Crippen LogP contribution is -2.18. The van der Waals surface area contributed by atoms with Crippen molar-refractivity contribution in [1.29, 1.82) is 5.26 Å². The second kappa shape index (κ2) is 7.02. The van der Waals surface area contributed by atoms with E-state index in [9.17, 15) is 14.9 Å². The molecular weight excluding hydrogens is 350 g/mol. The molecule has 0 aliphatic rings. The predicted octanol–water partition coefficient (Wildman–Crippen LogP) is 3.62. The number of esters is 1. The van der Waals surface area contributed by atoms with E-state index in [0.717, 1.165) is 21.3 Å². The highest BCUT2D eigenvalue weighted by Gasteiger charge is 2.18. The average molecular weight is 367 g/mol. The summed E-state index contributed by atoms with van der Waals surface area (Å²) >= 11 is 1.38. The highest BCUT2D eigenvalue weighted by Crippen LogP contribution is 2.31. The zero-order valence-corrected chi connectivity index (χ0v) is 15.4. The average Bonchev–Trinajstić information content (AvgIpc) is 3.12. The Bertz CT molecular complexity index is 1060. The van der Waals surface area contributed by atoms with Crippen molar-refractivity contribution < 1.29 is 14.3 Å². The Hall–Kier alpha value is -3.11. The highest BCUT2D eigenvalue weighted by atomic mass is 32.1. The van der Waals surface area contributed by atoms with E-state index >= 15 is 0 Å². The van der Waals surface area contributed by atoms with Crippen LogP contribution in [0.4, 0.5) is 5.00 Å². The lowest BCUT2D eigenvalue weighted by molar-refractivity contribution is -0.116. The quantitative estimate of drug-likeness (QED) is 0.714. The molecule has 132 valence electrons. The first-order chi connectivity index (χ1) is 12.5. The number of methoxy groups -OCH3 is 1. The fraction of sp³-hybridized carbons (Fsp3) is 0.211. The van der Waals surface area contributed by atoms with Crippen molar-refractivity contribution in [3.63, 3.8) is 0 Å². The largest absolute Gasteiger partial charge is 0.465 e. The molecule has 0 fully saturated rings. The Labute approximate surface area is 154 Å².